The molecule has 1 unspecified atom stereocenters. The lowest BCUT2D eigenvalue weighted by Crippen LogP contribution is -2.52. The number of oxazole rings is 1. The van der Waals surface area contributed by atoms with Crippen LogP contribution in [0.3, 0.4) is 0 Å². The van der Waals surface area contributed by atoms with Crippen LogP contribution in [0.1, 0.15) is 24.4 Å². The Labute approximate surface area is 164 Å². The van der Waals surface area contributed by atoms with Crippen molar-refractivity contribution in [2.45, 2.75) is 26.8 Å². The number of piperazine rings is 1. The third-order valence-electron chi connectivity index (χ3n) is 5.13. The van der Waals surface area contributed by atoms with Crippen molar-refractivity contribution in [2.24, 2.45) is 0 Å². The molecule has 2 aromatic heterocycles. The molecule has 3 aromatic rings. The van der Waals surface area contributed by atoms with E-state index < -0.39 is 0 Å². The Morgan fingerprint density at radius 1 is 1.21 bits per heavy atom. The van der Waals surface area contributed by atoms with Crippen LogP contribution in [0.25, 0.3) is 11.1 Å². The van der Waals surface area contributed by atoms with Gasteiger partial charge in [0.25, 0.3) is 6.01 Å². The molecule has 1 saturated heterocycles. The van der Waals surface area contributed by atoms with Crippen molar-refractivity contribution in [1.29, 1.82) is 0 Å². The summed E-state index contributed by atoms with van der Waals surface area (Å²) in [6.07, 6.45) is 0. The second-order valence-electron chi connectivity index (χ2n) is 7.35. The van der Waals surface area contributed by atoms with Crippen LogP contribution < -0.4 is 10.2 Å². The highest BCUT2D eigenvalue weighted by atomic mass is 16.4. The van der Waals surface area contributed by atoms with Crippen molar-refractivity contribution in [2.75, 3.05) is 37.6 Å². The Morgan fingerprint density at radius 2 is 1.96 bits per heavy atom. The molecule has 28 heavy (non-hydrogen) atoms. The van der Waals surface area contributed by atoms with Gasteiger partial charge in [-0.2, -0.15) is 10.1 Å². The lowest BCUT2D eigenvalue weighted by atomic mass is 10.3. The van der Waals surface area contributed by atoms with E-state index in [-0.39, 0.29) is 12.1 Å². The van der Waals surface area contributed by atoms with E-state index >= 15 is 0 Å². The Bertz CT molecular complexity index is 937. The van der Waals surface area contributed by atoms with Crippen LogP contribution in [0, 0.1) is 13.8 Å². The van der Waals surface area contributed by atoms with Gasteiger partial charge in [0.1, 0.15) is 5.52 Å². The number of nitrogens with zero attached hydrogens (tertiary/aromatic N) is 5. The molecule has 0 spiro atoms. The first-order chi connectivity index (χ1) is 13.5. The van der Waals surface area contributed by atoms with Crippen LogP contribution in [0.15, 0.2) is 34.7 Å². The number of urea groups is 1. The number of aryl methyl sites for hydroxylation is 2. The SMILES string of the molecule is Cc1cc(C)n(C(C)CNC(=O)N2CCN(c3nc4ccccc4o3)CC2)n1. The standard InChI is InChI=1S/C20H26N6O2/c1-14-12-15(2)26(23-14)16(3)13-21-19(27)24-8-10-25(11-9-24)20-22-17-6-4-5-7-18(17)28-20/h4-7,12,16H,8-11,13H2,1-3H3,(H,21,27). The maximum Gasteiger partial charge on any atom is 0.317 e. The van der Waals surface area contributed by atoms with E-state index in [0.717, 1.165) is 22.5 Å². The number of hydrogen-bond donors (Lipinski definition) is 1. The van der Waals surface area contributed by atoms with Crippen LogP contribution in [-0.2, 0) is 0 Å². The van der Waals surface area contributed by atoms with Gasteiger partial charge < -0.3 is 19.5 Å². The highest BCUT2D eigenvalue weighted by Crippen LogP contribution is 2.22. The minimum Gasteiger partial charge on any atom is -0.423 e. The summed E-state index contributed by atoms with van der Waals surface area (Å²) < 4.78 is 7.79. The predicted octanol–water partition coefficient (Wildman–Crippen LogP) is 2.73. The molecule has 2 amide bonds. The first kappa shape index (κ1) is 18.3. The van der Waals surface area contributed by atoms with Crippen LogP contribution in [0.4, 0.5) is 10.8 Å². The summed E-state index contributed by atoms with van der Waals surface area (Å²) in [5.41, 5.74) is 3.74. The Kier molecular flexibility index (Phi) is 4.93. The zero-order chi connectivity index (χ0) is 19.7. The summed E-state index contributed by atoms with van der Waals surface area (Å²) in [7, 11) is 0. The van der Waals surface area contributed by atoms with Gasteiger partial charge in [0.2, 0.25) is 0 Å². The lowest BCUT2D eigenvalue weighted by Gasteiger charge is -2.34. The summed E-state index contributed by atoms with van der Waals surface area (Å²) in [6.45, 7) is 9.30. The molecule has 8 heteroatoms. The lowest BCUT2D eigenvalue weighted by molar-refractivity contribution is 0.191. The van der Waals surface area contributed by atoms with Gasteiger partial charge in [-0.15, -0.1) is 0 Å². The van der Waals surface area contributed by atoms with E-state index in [2.05, 4.69) is 27.2 Å². The number of fused-ring (bicyclic) bond motifs is 1. The average Bonchev–Trinajstić information content (AvgIpc) is 3.28. The Hall–Kier alpha value is -3.03. The number of nitrogens with one attached hydrogen (secondary N) is 1. The van der Waals surface area contributed by atoms with Crippen molar-refractivity contribution >= 4 is 23.1 Å². The zero-order valence-electron chi connectivity index (χ0n) is 16.6. The Morgan fingerprint density at radius 3 is 2.64 bits per heavy atom. The average molecular weight is 382 g/mol. The number of carbonyl (C=O) groups is 1. The molecule has 0 saturated carbocycles. The van der Waals surface area contributed by atoms with E-state index in [1.54, 1.807) is 0 Å². The molecule has 0 aliphatic carbocycles. The highest BCUT2D eigenvalue weighted by Gasteiger charge is 2.24. The van der Waals surface area contributed by atoms with E-state index in [4.69, 9.17) is 4.42 Å². The fourth-order valence-corrected chi connectivity index (χ4v) is 3.62. The van der Waals surface area contributed by atoms with Crippen LogP contribution >= 0.6 is 0 Å². The van der Waals surface area contributed by atoms with Gasteiger partial charge in [-0.05, 0) is 39.0 Å². The van der Waals surface area contributed by atoms with Gasteiger partial charge in [-0.3, -0.25) is 4.68 Å². The minimum absolute atomic E-state index is 0.0365. The molecule has 0 bridgehead atoms. The number of anilines is 1. The summed E-state index contributed by atoms with van der Waals surface area (Å²) >= 11 is 0. The van der Waals surface area contributed by atoms with Crippen molar-refractivity contribution in [3.63, 3.8) is 0 Å². The molecule has 8 nitrogen and oxygen atoms in total. The molecule has 1 fully saturated rings. The molecule has 1 N–H and O–H groups in total. The second kappa shape index (κ2) is 7.53. The summed E-state index contributed by atoms with van der Waals surface area (Å²) in [5, 5.41) is 7.52. The fraction of sp³-hybridized carbons (Fsp3) is 0.450. The van der Waals surface area contributed by atoms with Crippen molar-refractivity contribution in [3.05, 3.63) is 41.7 Å². The third kappa shape index (κ3) is 3.67. The molecular weight excluding hydrogens is 356 g/mol. The third-order valence-corrected chi connectivity index (χ3v) is 5.13. The van der Waals surface area contributed by atoms with Gasteiger partial charge in [-0.25, -0.2) is 4.79 Å². The molecule has 1 aliphatic heterocycles. The molecule has 0 radical (unpaired) electrons. The minimum atomic E-state index is -0.0365. The number of hydrogen-bond acceptors (Lipinski definition) is 5. The molecule has 4 rings (SSSR count). The summed E-state index contributed by atoms with van der Waals surface area (Å²) in [5.74, 6) is 0. The topological polar surface area (TPSA) is 79.4 Å². The van der Waals surface area contributed by atoms with E-state index in [1.807, 2.05) is 53.8 Å². The molecule has 148 valence electrons. The predicted molar refractivity (Wildman–Crippen MR) is 108 cm³/mol. The number of carbonyl (C=O) groups excluding carboxylic acids is 1. The van der Waals surface area contributed by atoms with Gasteiger partial charge in [0.05, 0.1) is 11.7 Å². The second-order valence-corrected chi connectivity index (χ2v) is 7.35. The smallest absolute Gasteiger partial charge is 0.317 e. The molecular formula is C20H26N6O2. The van der Waals surface area contributed by atoms with Crippen molar-refractivity contribution in [3.8, 4) is 0 Å². The number of benzene rings is 1. The maximum atomic E-state index is 12.5. The molecule has 1 atom stereocenters. The van der Waals surface area contributed by atoms with E-state index in [9.17, 15) is 4.79 Å². The van der Waals surface area contributed by atoms with Gasteiger partial charge in [0, 0.05) is 38.4 Å². The number of aromatic nitrogens is 3. The largest absolute Gasteiger partial charge is 0.423 e. The molecule has 3 heterocycles. The highest BCUT2D eigenvalue weighted by molar-refractivity contribution is 5.75. The van der Waals surface area contributed by atoms with Crippen molar-refractivity contribution < 1.29 is 9.21 Å². The van der Waals surface area contributed by atoms with E-state index in [1.165, 1.54) is 0 Å². The first-order valence-corrected chi connectivity index (χ1v) is 9.67. The van der Waals surface area contributed by atoms with Gasteiger partial charge >= 0.3 is 6.03 Å². The summed E-state index contributed by atoms with van der Waals surface area (Å²) in [6, 6.07) is 10.5. The van der Waals surface area contributed by atoms with Crippen molar-refractivity contribution in [1.82, 2.24) is 25.0 Å². The number of rotatable bonds is 4. The fourth-order valence-electron chi connectivity index (χ4n) is 3.62. The quantitative estimate of drug-likeness (QED) is 0.751. The first-order valence-electron chi connectivity index (χ1n) is 9.67. The van der Waals surface area contributed by atoms with Crippen LogP contribution in [0.5, 0.6) is 0 Å². The van der Waals surface area contributed by atoms with E-state index in [0.29, 0.717) is 38.7 Å². The Balaban J connectivity index is 1.29. The monoisotopic (exact) mass is 382 g/mol. The molecule has 1 aliphatic rings. The number of para-hydroxylation sites is 2. The summed E-state index contributed by atoms with van der Waals surface area (Å²) in [4.78, 5) is 21.0. The van der Waals surface area contributed by atoms with Gasteiger partial charge in [-0.1, -0.05) is 12.1 Å². The van der Waals surface area contributed by atoms with Crippen LogP contribution in [0.2, 0.25) is 0 Å². The zero-order valence-corrected chi connectivity index (χ0v) is 16.6. The molecule has 1 aromatic carbocycles. The number of amides is 2. The normalized spacial score (nSPS) is 15.8. The van der Waals surface area contributed by atoms with Gasteiger partial charge in [0.15, 0.2) is 5.58 Å². The van der Waals surface area contributed by atoms with Crippen LogP contribution in [-0.4, -0.2) is 58.4 Å². The maximum absolute atomic E-state index is 12.5.